The summed E-state index contributed by atoms with van der Waals surface area (Å²) in [5.41, 5.74) is 3.75. The highest BCUT2D eigenvalue weighted by molar-refractivity contribution is 5.94. The zero-order valence-electron chi connectivity index (χ0n) is 21.2. The molecule has 192 valence electrons. The molecule has 1 aromatic heterocycles. The van der Waals surface area contributed by atoms with Crippen LogP contribution in [0.1, 0.15) is 34.5 Å². The number of carbonyl (C=O) groups is 2. The van der Waals surface area contributed by atoms with Gasteiger partial charge in [0.25, 0.3) is 0 Å². The predicted molar refractivity (Wildman–Crippen MR) is 141 cm³/mol. The Kier molecular flexibility index (Phi) is 5.13. The highest BCUT2D eigenvalue weighted by atomic mass is 16.5. The minimum Gasteiger partial charge on any atom is -0.493 e. The fourth-order valence-electron chi connectivity index (χ4n) is 7.35. The van der Waals surface area contributed by atoms with Gasteiger partial charge in [-0.2, -0.15) is 0 Å². The maximum atomic E-state index is 14.2. The highest BCUT2D eigenvalue weighted by Gasteiger charge is 2.71. The third-order valence-electron chi connectivity index (χ3n) is 8.73. The van der Waals surface area contributed by atoms with Gasteiger partial charge in [-0.25, -0.2) is 0 Å². The number of ether oxygens (including phenoxy) is 3. The fraction of sp³-hybridized carbons (Fsp3) is 0.290. The molecule has 0 radical (unpaired) electrons. The lowest BCUT2D eigenvalue weighted by atomic mass is 9.71. The van der Waals surface area contributed by atoms with Gasteiger partial charge in [0.15, 0.2) is 0 Å². The van der Waals surface area contributed by atoms with E-state index in [1.54, 1.807) is 0 Å². The zero-order valence-corrected chi connectivity index (χ0v) is 21.2. The molecule has 1 N–H and O–H groups in total. The average molecular weight is 509 g/mol. The maximum absolute atomic E-state index is 14.2. The number of hydrogen-bond acceptors (Lipinski definition) is 6. The number of H-pyrrole nitrogens is 1. The Balaban J connectivity index is 1.59. The molecule has 38 heavy (non-hydrogen) atoms. The summed E-state index contributed by atoms with van der Waals surface area (Å²) in [5.74, 6) is -1.18. The third kappa shape index (κ3) is 2.93. The van der Waals surface area contributed by atoms with Crippen molar-refractivity contribution in [2.45, 2.75) is 24.0 Å². The van der Waals surface area contributed by atoms with Gasteiger partial charge < -0.3 is 19.2 Å². The van der Waals surface area contributed by atoms with E-state index < -0.39 is 23.4 Å². The maximum Gasteiger partial charge on any atom is 0.327 e. The van der Waals surface area contributed by atoms with Gasteiger partial charge in [0.2, 0.25) is 0 Å². The molecule has 3 aliphatic rings. The summed E-state index contributed by atoms with van der Waals surface area (Å²) in [6.07, 6.45) is 0.317. The number of methoxy groups -OCH3 is 2. The van der Waals surface area contributed by atoms with Gasteiger partial charge >= 0.3 is 11.9 Å². The zero-order chi connectivity index (χ0) is 26.0. The Morgan fingerprint density at radius 1 is 0.947 bits per heavy atom. The van der Waals surface area contributed by atoms with E-state index in [-0.39, 0.29) is 18.0 Å². The summed E-state index contributed by atoms with van der Waals surface area (Å²) in [6.45, 7) is 0.298. The number of aromatic nitrogens is 1. The van der Waals surface area contributed by atoms with E-state index in [0.717, 1.165) is 39.0 Å². The standard InChI is InChI=1S/C31H28N2O5/c1-36-29(34)25-22-17-38-24-15-9-7-13-20(24)28(22)33-27(18-10-4-3-5-11-18)26-21(16-31(25,33)30(35)37-2)19-12-6-8-14-23(19)32-26/h3-15,22,25,27-28,32H,16-17H2,1-2H3/t22-,25+,27-,28+,31+/m1/s1. The van der Waals surface area contributed by atoms with Crippen molar-refractivity contribution >= 4 is 22.8 Å². The van der Waals surface area contributed by atoms with Gasteiger partial charge in [-0.3, -0.25) is 14.5 Å². The summed E-state index contributed by atoms with van der Waals surface area (Å²) in [5, 5.41) is 1.04. The van der Waals surface area contributed by atoms with Crippen LogP contribution in [-0.2, 0) is 25.5 Å². The molecule has 5 atom stereocenters. The van der Waals surface area contributed by atoms with E-state index in [4.69, 9.17) is 14.2 Å². The van der Waals surface area contributed by atoms with Gasteiger partial charge in [-0.1, -0.05) is 66.7 Å². The number of para-hydroxylation sites is 2. The lowest BCUT2D eigenvalue weighted by Gasteiger charge is -2.48. The van der Waals surface area contributed by atoms with Crippen molar-refractivity contribution in [3.63, 3.8) is 0 Å². The van der Waals surface area contributed by atoms with Gasteiger partial charge in [0.05, 0.1) is 32.8 Å². The minimum absolute atomic E-state index is 0.270. The lowest BCUT2D eigenvalue weighted by molar-refractivity contribution is -0.168. The molecule has 7 nitrogen and oxygen atoms in total. The molecule has 0 aliphatic carbocycles. The van der Waals surface area contributed by atoms with Crippen LogP contribution in [0.5, 0.6) is 5.75 Å². The summed E-state index contributed by atoms with van der Waals surface area (Å²) in [7, 11) is 2.79. The summed E-state index contributed by atoms with van der Waals surface area (Å²) >= 11 is 0. The van der Waals surface area contributed by atoms with Crippen LogP contribution in [0.2, 0.25) is 0 Å². The normalized spacial score (nSPS) is 27.4. The average Bonchev–Trinajstić information content (AvgIpc) is 3.49. The number of hydrogen-bond donors (Lipinski definition) is 1. The topological polar surface area (TPSA) is 80.9 Å². The van der Waals surface area contributed by atoms with Gasteiger partial charge in [-0.05, 0) is 23.3 Å². The molecule has 1 fully saturated rings. The Hall–Kier alpha value is -4.10. The lowest BCUT2D eigenvalue weighted by Crippen LogP contribution is -2.62. The van der Waals surface area contributed by atoms with E-state index >= 15 is 0 Å². The van der Waals surface area contributed by atoms with Crippen molar-refractivity contribution in [3.8, 4) is 5.75 Å². The SMILES string of the molecule is COC(=O)[C@@H]1[C@H]2COc3ccccc3[C@@H]2N2[C@H](c3ccccc3)c3[nH]c4ccccc4c3C[C@@]12C(=O)OC. The van der Waals surface area contributed by atoms with Gasteiger partial charge in [0, 0.05) is 40.5 Å². The van der Waals surface area contributed by atoms with Crippen molar-refractivity contribution in [2.24, 2.45) is 11.8 Å². The Morgan fingerprint density at radius 2 is 1.68 bits per heavy atom. The van der Waals surface area contributed by atoms with E-state index in [1.165, 1.54) is 14.2 Å². The predicted octanol–water partition coefficient (Wildman–Crippen LogP) is 4.58. The monoisotopic (exact) mass is 508 g/mol. The first kappa shape index (κ1) is 23.0. The molecule has 0 unspecified atom stereocenters. The molecule has 7 rings (SSSR count). The molecular weight excluding hydrogens is 480 g/mol. The van der Waals surface area contributed by atoms with Crippen LogP contribution in [-0.4, -0.2) is 48.2 Å². The van der Waals surface area contributed by atoms with Crippen LogP contribution in [0.25, 0.3) is 10.9 Å². The van der Waals surface area contributed by atoms with E-state index in [1.807, 2.05) is 54.6 Å². The minimum atomic E-state index is -1.30. The van der Waals surface area contributed by atoms with Gasteiger partial charge in [0.1, 0.15) is 11.3 Å². The number of benzene rings is 3. The van der Waals surface area contributed by atoms with E-state index in [0.29, 0.717) is 13.0 Å². The molecule has 1 saturated heterocycles. The second kappa shape index (κ2) is 8.46. The first-order chi connectivity index (χ1) is 18.6. The molecule has 3 aliphatic heterocycles. The number of aromatic amines is 1. The van der Waals surface area contributed by atoms with Crippen molar-refractivity contribution in [1.29, 1.82) is 0 Å². The van der Waals surface area contributed by atoms with Crippen LogP contribution in [0.15, 0.2) is 78.9 Å². The fourth-order valence-corrected chi connectivity index (χ4v) is 7.35. The largest absolute Gasteiger partial charge is 0.493 e. The summed E-state index contributed by atoms with van der Waals surface area (Å²) in [4.78, 5) is 33.8. The van der Waals surface area contributed by atoms with E-state index in [2.05, 4.69) is 34.1 Å². The first-order valence-electron chi connectivity index (χ1n) is 12.9. The molecular formula is C31H28N2O5. The number of esters is 2. The number of fused-ring (bicyclic) bond motifs is 8. The Labute approximate surface area is 220 Å². The molecule has 7 heteroatoms. The summed E-state index contributed by atoms with van der Waals surface area (Å²) < 4.78 is 17.2. The highest BCUT2D eigenvalue weighted by Crippen LogP contribution is 2.62. The van der Waals surface area contributed by atoms with Crippen LogP contribution in [0.3, 0.4) is 0 Å². The van der Waals surface area contributed by atoms with Crippen LogP contribution < -0.4 is 4.74 Å². The molecule has 0 spiro atoms. The van der Waals surface area contributed by atoms with Crippen LogP contribution in [0.4, 0.5) is 0 Å². The molecule has 4 aromatic rings. The van der Waals surface area contributed by atoms with Gasteiger partial charge in [-0.15, -0.1) is 0 Å². The van der Waals surface area contributed by atoms with Crippen molar-refractivity contribution in [1.82, 2.24) is 9.88 Å². The first-order valence-corrected chi connectivity index (χ1v) is 12.9. The van der Waals surface area contributed by atoms with Crippen LogP contribution in [0, 0.1) is 11.8 Å². The van der Waals surface area contributed by atoms with Crippen molar-refractivity contribution < 1.29 is 23.8 Å². The number of nitrogens with one attached hydrogen (secondary N) is 1. The van der Waals surface area contributed by atoms with Crippen LogP contribution >= 0.6 is 0 Å². The number of carbonyl (C=O) groups excluding carboxylic acids is 2. The number of nitrogens with zero attached hydrogens (tertiary/aromatic N) is 1. The van der Waals surface area contributed by atoms with E-state index in [9.17, 15) is 9.59 Å². The number of rotatable bonds is 3. The second-order valence-electron chi connectivity index (χ2n) is 10.3. The Bertz CT molecular complexity index is 1560. The van der Waals surface area contributed by atoms with Crippen molar-refractivity contribution in [2.75, 3.05) is 20.8 Å². The second-order valence-corrected chi connectivity index (χ2v) is 10.3. The molecule has 0 amide bonds. The Morgan fingerprint density at radius 3 is 2.47 bits per heavy atom. The summed E-state index contributed by atoms with van der Waals surface area (Å²) in [6, 6.07) is 25.6. The molecule has 3 aromatic carbocycles. The quantitative estimate of drug-likeness (QED) is 0.408. The molecule has 0 bridgehead atoms. The molecule has 0 saturated carbocycles. The molecule has 4 heterocycles. The smallest absolute Gasteiger partial charge is 0.327 e. The third-order valence-corrected chi connectivity index (χ3v) is 8.73. The van der Waals surface area contributed by atoms with Crippen molar-refractivity contribution in [3.05, 3.63) is 101 Å².